The van der Waals surface area contributed by atoms with Crippen molar-refractivity contribution in [2.45, 2.75) is 19.4 Å². The third kappa shape index (κ3) is 2.77. The number of aliphatic hydroxyl groups is 1. The predicted molar refractivity (Wildman–Crippen MR) is 66.6 cm³/mol. The van der Waals surface area contributed by atoms with Crippen LogP contribution in [-0.2, 0) is 11.2 Å². The third-order valence-corrected chi connectivity index (χ3v) is 3.18. The number of hydrogen-bond acceptors (Lipinski definition) is 5. The van der Waals surface area contributed by atoms with E-state index in [2.05, 4.69) is 14.9 Å². The van der Waals surface area contributed by atoms with Gasteiger partial charge in [-0.15, -0.1) is 0 Å². The van der Waals surface area contributed by atoms with Gasteiger partial charge in [-0.05, 0) is 14.0 Å². The van der Waals surface area contributed by atoms with Gasteiger partial charge in [0.25, 0.3) is 5.56 Å². The molecule has 0 saturated carbocycles. The van der Waals surface area contributed by atoms with E-state index in [1.807, 2.05) is 7.05 Å². The number of nitrogens with zero attached hydrogens (tertiary/aromatic N) is 2. The smallest absolute Gasteiger partial charge is 0.254 e. The maximum Gasteiger partial charge on any atom is 0.254 e. The minimum absolute atomic E-state index is 0.0480. The van der Waals surface area contributed by atoms with Gasteiger partial charge in [-0.1, -0.05) is 0 Å². The Hall–Kier alpha value is -1.24. The van der Waals surface area contributed by atoms with Crippen molar-refractivity contribution in [2.75, 3.05) is 33.4 Å². The molecule has 2 N–H and O–H groups in total. The van der Waals surface area contributed by atoms with Gasteiger partial charge in [0.15, 0.2) is 0 Å². The SMILES string of the molecule is Cc1nc(C2CN(C)CCO2)[nH]c(=O)c1CCO. The number of nitrogens with one attached hydrogen (secondary N) is 1. The van der Waals surface area contributed by atoms with Gasteiger partial charge in [-0.2, -0.15) is 0 Å². The van der Waals surface area contributed by atoms with E-state index in [1.54, 1.807) is 6.92 Å². The number of ether oxygens (including phenoxy) is 1. The Kier molecular flexibility index (Phi) is 4.11. The summed E-state index contributed by atoms with van der Waals surface area (Å²) in [5.74, 6) is 0.575. The average Bonchev–Trinajstić information content (AvgIpc) is 2.33. The molecule has 6 heteroatoms. The van der Waals surface area contributed by atoms with Gasteiger partial charge in [-0.25, -0.2) is 4.98 Å². The molecule has 0 spiro atoms. The van der Waals surface area contributed by atoms with E-state index < -0.39 is 0 Å². The lowest BCUT2D eigenvalue weighted by Crippen LogP contribution is -2.37. The maximum atomic E-state index is 11.9. The van der Waals surface area contributed by atoms with Crippen molar-refractivity contribution < 1.29 is 9.84 Å². The topological polar surface area (TPSA) is 78.5 Å². The molecular weight excluding hydrogens is 234 g/mol. The number of rotatable bonds is 3. The fourth-order valence-electron chi connectivity index (χ4n) is 2.13. The molecule has 0 bridgehead atoms. The normalized spacial score (nSPS) is 21.2. The van der Waals surface area contributed by atoms with Crippen LogP contribution in [0.3, 0.4) is 0 Å². The summed E-state index contributed by atoms with van der Waals surface area (Å²) in [5, 5.41) is 8.91. The molecule has 1 aromatic heterocycles. The second-order valence-corrected chi connectivity index (χ2v) is 4.61. The molecule has 2 rings (SSSR count). The zero-order valence-corrected chi connectivity index (χ0v) is 10.8. The monoisotopic (exact) mass is 253 g/mol. The first-order valence-electron chi connectivity index (χ1n) is 6.12. The molecule has 1 fully saturated rings. The van der Waals surface area contributed by atoms with Crippen molar-refractivity contribution in [3.05, 3.63) is 27.4 Å². The molecule has 2 heterocycles. The van der Waals surface area contributed by atoms with Crippen molar-refractivity contribution in [3.63, 3.8) is 0 Å². The summed E-state index contributed by atoms with van der Waals surface area (Å²) >= 11 is 0. The fraction of sp³-hybridized carbons (Fsp3) is 0.667. The third-order valence-electron chi connectivity index (χ3n) is 3.18. The molecular formula is C12H19N3O3. The van der Waals surface area contributed by atoms with Crippen LogP contribution in [0.25, 0.3) is 0 Å². The molecule has 100 valence electrons. The molecule has 1 unspecified atom stereocenters. The maximum absolute atomic E-state index is 11.9. The van der Waals surface area contributed by atoms with Crippen molar-refractivity contribution in [1.82, 2.24) is 14.9 Å². The van der Waals surface area contributed by atoms with Crippen LogP contribution in [0.2, 0.25) is 0 Å². The Balaban J connectivity index is 2.27. The largest absolute Gasteiger partial charge is 0.396 e. The first-order valence-corrected chi connectivity index (χ1v) is 6.12. The van der Waals surface area contributed by atoms with E-state index in [1.165, 1.54) is 0 Å². The van der Waals surface area contributed by atoms with Gasteiger partial charge in [0, 0.05) is 37.4 Å². The van der Waals surface area contributed by atoms with E-state index >= 15 is 0 Å². The molecule has 18 heavy (non-hydrogen) atoms. The summed E-state index contributed by atoms with van der Waals surface area (Å²) in [6.07, 6.45) is 0.151. The minimum atomic E-state index is -0.182. The van der Waals surface area contributed by atoms with Gasteiger partial charge in [0.2, 0.25) is 0 Å². The highest BCUT2D eigenvalue weighted by Crippen LogP contribution is 2.17. The Labute approximate surface area is 106 Å². The van der Waals surface area contributed by atoms with Gasteiger partial charge >= 0.3 is 0 Å². The van der Waals surface area contributed by atoms with Crippen molar-refractivity contribution >= 4 is 0 Å². The standard InChI is InChI=1S/C12H19N3O3/c1-8-9(3-5-16)12(17)14-11(13-8)10-7-15(2)4-6-18-10/h10,16H,3-7H2,1-2H3,(H,13,14,17). The lowest BCUT2D eigenvalue weighted by molar-refractivity contribution is -0.0257. The number of aromatic amines is 1. The second-order valence-electron chi connectivity index (χ2n) is 4.61. The molecule has 1 atom stereocenters. The summed E-state index contributed by atoms with van der Waals surface area (Å²) in [7, 11) is 2.01. The number of likely N-dealkylation sites (N-methyl/N-ethyl adjacent to an activating group) is 1. The van der Waals surface area contributed by atoms with Crippen molar-refractivity contribution in [3.8, 4) is 0 Å². The molecule has 0 radical (unpaired) electrons. The van der Waals surface area contributed by atoms with Crippen LogP contribution in [0.4, 0.5) is 0 Å². The minimum Gasteiger partial charge on any atom is -0.396 e. The summed E-state index contributed by atoms with van der Waals surface area (Å²) in [4.78, 5) is 21.2. The van der Waals surface area contributed by atoms with E-state index in [0.717, 1.165) is 13.1 Å². The van der Waals surface area contributed by atoms with E-state index in [4.69, 9.17) is 9.84 Å². The molecule has 6 nitrogen and oxygen atoms in total. The lowest BCUT2D eigenvalue weighted by Gasteiger charge is -2.29. The van der Waals surface area contributed by atoms with E-state index in [-0.39, 0.29) is 18.3 Å². The number of H-pyrrole nitrogens is 1. The van der Waals surface area contributed by atoms with Crippen LogP contribution >= 0.6 is 0 Å². The van der Waals surface area contributed by atoms with Crippen LogP contribution in [0, 0.1) is 6.92 Å². The van der Waals surface area contributed by atoms with Crippen LogP contribution in [0.5, 0.6) is 0 Å². The highest BCUT2D eigenvalue weighted by atomic mass is 16.5. The molecule has 0 aromatic carbocycles. The van der Waals surface area contributed by atoms with Crippen LogP contribution in [-0.4, -0.2) is 53.3 Å². The molecule has 1 saturated heterocycles. The number of aryl methyl sites for hydroxylation is 1. The summed E-state index contributed by atoms with van der Waals surface area (Å²) < 4.78 is 5.62. The quantitative estimate of drug-likeness (QED) is 0.767. The van der Waals surface area contributed by atoms with Gasteiger partial charge in [-0.3, -0.25) is 4.79 Å². The Bertz CT molecular complexity index is 472. The van der Waals surface area contributed by atoms with Gasteiger partial charge in [0.1, 0.15) is 11.9 Å². The fourth-order valence-corrected chi connectivity index (χ4v) is 2.13. The molecule has 0 aliphatic carbocycles. The molecule has 1 aromatic rings. The lowest BCUT2D eigenvalue weighted by atomic mass is 10.1. The van der Waals surface area contributed by atoms with Crippen LogP contribution < -0.4 is 5.56 Å². The predicted octanol–water partition coefficient (Wildman–Crippen LogP) is -0.384. The Morgan fingerprint density at radius 2 is 2.39 bits per heavy atom. The number of aliphatic hydroxyl groups excluding tert-OH is 1. The Morgan fingerprint density at radius 1 is 1.61 bits per heavy atom. The number of aromatic nitrogens is 2. The first-order chi connectivity index (χ1) is 8.61. The Morgan fingerprint density at radius 3 is 3.00 bits per heavy atom. The van der Waals surface area contributed by atoms with Crippen LogP contribution in [0.15, 0.2) is 4.79 Å². The summed E-state index contributed by atoms with van der Waals surface area (Å²) in [5.41, 5.74) is 1.04. The molecule has 0 amide bonds. The van der Waals surface area contributed by atoms with E-state index in [9.17, 15) is 4.79 Å². The highest BCUT2D eigenvalue weighted by molar-refractivity contribution is 5.17. The van der Waals surface area contributed by atoms with Crippen molar-refractivity contribution in [1.29, 1.82) is 0 Å². The van der Waals surface area contributed by atoms with Gasteiger partial charge in [0.05, 0.1) is 6.61 Å². The number of hydrogen-bond donors (Lipinski definition) is 2. The highest BCUT2D eigenvalue weighted by Gasteiger charge is 2.22. The first kappa shape index (κ1) is 13.2. The second kappa shape index (κ2) is 5.60. The zero-order valence-electron chi connectivity index (χ0n) is 10.8. The summed E-state index contributed by atoms with van der Waals surface area (Å²) in [6, 6.07) is 0. The number of morpholine rings is 1. The molecule has 1 aliphatic rings. The molecule has 1 aliphatic heterocycles. The average molecular weight is 253 g/mol. The van der Waals surface area contributed by atoms with Gasteiger partial charge < -0.3 is 19.7 Å². The van der Waals surface area contributed by atoms with Crippen molar-refractivity contribution in [2.24, 2.45) is 0 Å². The van der Waals surface area contributed by atoms with E-state index in [0.29, 0.717) is 30.1 Å². The van der Waals surface area contributed by atoms with Crippen LogP contribution in [0.1, 0.15) is 23.2 Å². The summed E-state index contributed by atoms with van der Waals surface area (Å²) in [6.45, 7) is 4.00. The zero-order chi connectivity index (χ0) is 13.1.